The van der Waals surface area contributed by atoms with E-state index in [2.05, 4.69) is 29.1 Å². The Morgan fingerprint density at radius 3 is 2.75 bits per heavy atom. The van der Waals surface area contributed by atoms with Crippen molar-refractivity contribution >= 4 is 5.82 Å². The molecular formula is C13H21N3. The number of aryl methyl sites for hydroxylation is 1. The molecule has 3 atom stereocenters. The van der Waals surface area contributed by atoms with Gasteiger partial charge in [0.25, 0.3) is 0 Å². The van der Waals surface area contributed by atoms with E-state index in [0.717, 1.165) is 23.3 Å². The summed E-state index contributed by atoms with van der Waals surface area (Å²) in [6.07, 6.45) is 5.53. The van der Waals surface area contributed by atoms with E-state index in [1.54, 1.807) is 6.33 Å². The van der Waals surface area contributed by atoms with E-state index in [9.17, 15) is 0 Å². The molecule has 2 rings (SSSR count). The van der Waals surface area contributed by atoms with Crippen LogP contribution < -0.4 is 5.32 Å². The maximum absolute atomic E-state index is 4.26. The van der Waals surface area contributed by atoms with Crippen LogP contribution in [-0.4, -0.2) is 16.0 Å². The summed E-state index contributed by atoms with van der Waals surface area (Å²) in [5.41, 5.74) is 1.02. The van der Waals surface area contributed by atoms with Gasteiger partial charge in [-0.2, -0.15) is 0 Å². The summed E-state index contributed by atoms with van der Waals surface area (Å²) < 4.78 is 0. The van der Waals surface area contributed by atoms with Crippen molar-refractivity contribution in [1.29, 1.82) is 0 Å². The Balaban J connectivity index is 1.99. The summed E-state index contributed by atoms with van der Waals surface area (Å²) in [5, 5.41) is 3.54. The topological polar surface area (TPSA) is 37.8 Å². The van der Waals surface area contributed by atoms with E-state index in [-0.39, 0.29) is 0 Å². The first-order valence-corrected chi connectivity index (χ1v) is 6.20. The molecule has 1 fully saturated rings. The fourth-order valence-electron chi connectivity index (χ4n) is 2.60. The number of hydrogen-bond acceptors (Lipinski definition) is 3. The van der Waals surface area contributed by atoms with Gasteiger partial charge in [-0.25, -0.2) is 9.97 Å². The van der Waals surface area contributed by atoms with E-state index in [1.165, 1.54) is 19.3 Å². The highest BCUT2D eigenvalue weighted by atomic mass is 15.0. The molecule has 0 spiro atoms. The van der Waals surface area contributed by atoms with Gasteiger partial charge in [0.15, 0.2) is 0 Å². The average Bonchev–Trinajstić information content (AvgIpc) is 2.22. The van der Waals surface area contributed by atoms with Gasteiger partial charge in [-0.3, -0.25) is 0 Å². The second-order valence-corrected chi connectivity index (χ2v) is 5.19. The number of aromatic nitrogens is 2. The molecule has 3 nitrogen and oxygen atoms in total. The van der Waals surface area contributed by atoms with Crippen LogP contribution in [0.5, 0.6) is 0 Å². The summed E-state index contributed by atoms with van der Waals surface area (Å²) in [6, 6.07) is 2.59. The Kier molecular flexibility index (Phi) is 3.42. The molecule has 1 heterocycles. The molecule has 0 saturated heterocycles. The predicted octanol–water partition coefficient (Wildman–Crippen LogP) is 3.02. The van der Waals surface area contributed by atoms with Gasteiger partial charge in [-0.1, -0.05) is 13.8 Å². The zero-order chi connectivity index (χ0) is 11.5. The van der Waals surface area contributed by atoms with Crippen molar-refractivity contribution in [3.8, 4) is 0 Å². The van der Waals surface area contributed by atoms with Crippen LogP contribution in [0, 0.1) is 18.8 Å². The molecule has 1 N–H and O–H groups in total. The van der Waals surface area contributed by atoms with E-state index in [0.29, 0.717) is 6.04 Å². The lowest BCUT2D eigenvalue weighted by Crippen LogP contribution is -2.33. The van der Waals surface area contributed by atoms with Crippen LogP contribution in [0.25, 0.3) is 0 Å². The Bertz CT molecular complexity index is 351. The minimum absolute atomic E-state index is 0.575. The van der Waals surface area contributed by atoms with Gasteiger partial charge in [0.2, 0.25) is 0 Å². The van der Waals surface area contributed by atoms with Crippen LogP contribution in [0.15, 0.2) is 12.4 Å². The standard InChI is InChI=1S/C13H21N3/c1-9-4-5-12(10(2)6-9)16-13-7-11(3)14-8-15-13/h7-10,12H,4-6H2,1-3H3,(H,14,15,16). The molecule has 0 aromatic carbocycles. The molecule has 1 aromatic rings. The third-order valence-corrected chi connectivity index (χ3v) is 3.57. The average molecular weight is 219 g/mol. The molecule has 0 amide bonds. The Morgan fingerprint density at radius 1 is 1.25 bits per heavy atom. The largest absolute Gasteiger partial charge is 0.367 e. The first kappa shape index (κ1) is 11.4. The predicted molar refractivity (Wildman–Crippen MR) is 66.4 cm³/mol. The SMILES string of the molecule is Cc1cc(NC2CCC(C)CC2C)ncn1. The molecule has 0 aliphatic heterocycles. The molecule has 1 aromatic heterocycles. The summed E-state index contributed by atoms with van der Waals surface area (Å²) >= 11 is 0. The van der Waals surface area contributed by atoms with Crippen molar-refractivity contribution in [1.82, 2.24) is 9.97 Å². The Labute approximate surface area is 97.7 Å². The summed E-state index contributed by atoms with van der Waals surface area (Å²) in [4.78, 5) is 8.38. The fourth-order valence-corrected chi connectivity index (χ4v) is 2.60. The summed E-state index contributed by atoms with van der Waals surface area (Å²) in [7, 11) is 0. The molecule has 16 heavy (non-hydrogen) atoms. The molecule has 1 aliphatic carbocycles. The maximum Gasteiger partial charge on any atom is 0.129 e. The Morgan fingerprint density at radius 2 is 2.06 bits per heavy atom. The quantitative estimate of drug-likeness (QED) is 0.830. The minimum Gasteiger partial charge on any atom is -0.367 e. The van der Waals surface area contributed by atoms with E-state index >= 15 is 0 Å². The molecule has 3 unspecified atom stereocenters. The normalized spacial score (nSPS) is 30.1. The highest BCUT2D eigenvalue weighted by molar-refractivity contribution is 5.35. The minimum atomic E-state index is 0.575. The molecule has 88 valence electrons. The van der Waals surface area contributed by atoms with Gasteiger partial charge in [-0.15, -0.1) is 0 Å². The van der Waals surface area contributed by atoms with Gasteiger partial charge in [0, 0.05) is 17.8 Å². The van der Waals surface area contributed by atoms with Crippen LogP contribution in [0.2, 0.25) is 0 Å². The van der Waals surface area contributed by atoms with Gasteiger partial charge >= 0.3 is 0 Å². The number of nitrogens with zero attached hydrogens (tertiary/aromatic N) is 2. The number of hydrogen-bond donors (Lipinski definition) is 1. The third-order valence-electron chi connectivity index (χ3n) is 3.57. The van der Waals surface area contributed by atoms with Crippen molar-refractivity contribution in [2.45, 2.75) is 46.1 Å². The number of nitrogens with one attached hydrogen (secondary N) is 1. The molecular weight excluding hydrogens is 198 g/mol. The van der Waals surface area contributed by atoms with Gasteiger partial charge < -0.3 is 5.32 Å². The van der Waals surface area contributed by atoms with Crippen LogP contribution in [-0.2, 0) is 0 Å². The molecule has 0 radical (unpaired) electrons. The van der Waals surface area contributed by atoms with Crippen LogP contribution in [0.3, 0.4) is 0 Å². The highest BCUT2D eigenvalue weighted by Crippen LogP contribution is 2.30. The zero-order valence-corrected chi connectivity index (χ0v) is 10.4. The Hall–Kier alpha value is -1.12. The first-order valence-electron chi connectivity index (χ1n) is 6.20. The molecule has 1 aliphatic rings. The van der Waals surface area contributed by atoms with Gasteiger partial charge in [0.1, 0.15) is 12.1 Å². The number of rotatable bonds is 2. The third kappa shape index (κ3) is 2.71. The van der Waals surface area contributed by atoms with E-state index in [1.807, 2.05) is 13.0 Å². The van der Waals surface area contributed by atoms with Crippen molar-refractivity contribution in [3.63, 3.8) is 0 Å². The van der Waals surface area contributed by atoms with Crippen LogP contribution in [0.4, 0.5) is 5.82 Å². The van der Waals surface area contributed by atoms with Crippen molar-refractivity contribution < 1.29 is 0 Å². The van der Waals surface area contributed by atoms with Gasteiger partial charge in [0.05, 0.1) is 0 Å². The lowest BCUT2D eigenvalue weighted by atomic mass is 9.80. The summed E-state index contributed by atoms with van der Waals surface area (Å²) in [5.74, 6) is 2.58. The van der Waals surface area contributed by atoms with Crippen LogP contribution >= 0.6 is 0 Å². The molecule has 0 bridgehead atoms. The number of anilines is 1. The molecule has 1 saturated carbocycles. The molecule has 3 heteroatoms. The van der Waals surface area contributed by atoms with Crippen molar-refractivity contribution in [3.05, 3.63) is 18.1 Å². The van der Waals surface area contributed by atoms with Gasteiger partial charge in [-0.05, 0) is 38.0 Å². The fraction of sp³-hybridized carbons (Fsp3) is 0.692. The van der Waals surface area contributed by atoms with E-state index in [4.69, 9.17) is 0 Å². The second-order valence-electron chi connectivity index (χ2n) is 5.19. The van der Waals surface area contributed by atoms with E-state index < -0.39 is 0 Å². The van der Waals surface area contributed by atoms with Crippen molar-refractivity contribution in [2.24, 2.45) is 11.8 Å². The summed E-state index contributed by atoms with van der Waals surface area (Å²) in [6.45, 7) is 6.68. The second kappa shape index (κ2) is 4.81. The lowest BCUT2D eigenvalue weighted by molar-refractivity contribution is 0.276. The maximum atomic E-state index is 4.26. The first-order chi connectivity index (χ1) is 7.65. The zero-order valence-electron chi connectivity index (χ0n) is 10.4. The smallest absolute Gasteiger partial charge is 0.129 e. The monoisotopic (exact) mass is 219 g/mol. The van der Waals surface area contributed by atoms with Crippen molar-refractivity contribution in [2.75, 3.05) is 5.32 Å². The van der Waals surface area contributed by atoms with Crippen LogP contribution in [0.1, 0.15) is 38.8 Å². The lowest BCUT2D eigenvalue weighted by Gasteiger charge is -2.33. The highest BCUT2D eigenvalue weighted by Gasteiger charge is 2.25.